The number of benzene rings is 1. The molecule has 6 nitrogen and oxygen atoms in total. The van der Waals surface area contributed by atoms with Crippen LogP contribution in [0.4, 0.5) is 0 Å². The summed E-state index contributed by atoms with van der Waals surface area (Å²) in [6, 6.07) is 8.15. The van der Waals surface area contributed by atoms with Gasteiger partial charge < -0.3 is 14.8 Å². The number of nitrogens with one attached hydrogen (secondary N) is 1. The Morgan fingerprint density at radius 1 is 1.29 bits per heavy atom. The molecular formula is C18H21N3O3. The summed E-state index contributed by atoms with van der Waals surface area (Å²) in [5.74, 6) is 0.782. The normalized spacial score (nSPS) is 23.2. The summed E-state index contributed by atoms with van der Waals surface area (Å²) in [4.78, 5) is 12.6. The number of nitrogens with zero attached hydrogens (tertiary/aromatic N) is 2. The Morgan fingerprint density at radius 3 is 2.71 bits per heavy atom. The second-order valence-corrected chi connectivity index (χ2v) is 6.53. The first-order chi connectivity index (χ1) is 11.7. The minimum atomic E-state index is -0.179. The largest absolute Gasteiger partial charge is 0.482 e. The number of aromatic nitrogens is 2. The van der Waals surface area contributed by atoms with Crippen molar-refractivity contribution in [2.24, 2.45) is 13.0 Å². The number of ether oxygens (including phenoxy) is 2. The van der Waals surface area contributed by atoms with E-state index in [1.807, 2.05) is 25.4 Å². The van der Waals surface area contributed by atoms with Crippen LogP contribution in [-0.4, -0.2) is 41.0 Å². The Labute approximate surface area is 140 Å². The van der Waals surface area contributed by atoms with Gasteiger partial charge in [0.2, 0.25) is 5.91 Å². The Hall–Kier alpha value is -2.34. The lowest BCUT2D eigenvalue weighted by Gasteiger charge is -2.21. The van der Waals surface area contributed by atoms with E-state index in [1.54, 1.807) is 10.9 Å². The molecule has 1 fully saturated rings. The zero-order valence-corrected chi connectivity index (χ0v) is 13.6. The molecule has 2 heterocycles. The van der Waals surface area contributed by atoms with Crippen molar-refractivity contribution in [3.05, 3.63) is 47.8 Å². The van der Waals surface area contributed by atoms with Gasteiger partial charge in [0.1, 0.15) is 6.10 Å². The molecule has 0 bridgehead atoms. The van der Waals surface area contributed by atoms with E-state index in [0.29, 0.717) is 19.0 Å². The fraction of sp³-hybridized carbons (Fsp3) is 0.444. The second kappa shape index (κ2) is 6.28. The molecule has 0 unspecified atom stereocenters. The second-order valence-electron chi connectivity index (χ2n) is 6.53. The summed E-state index contributed by atoms with van der Waals surface area (Å²) < 4.78 is 13.1. The average molecular weight is 327 g/mol. The van der Waals surface area contributed by atoms with Gasteiger partial charge in [0, 0.05) is 13.0 Å². The van der Waals surface area contributed by atoms with E-state index in [0.717, 1.165) is 12.8 Å². The van der Waals surface area contributed by atoms with Gasteiger partial charge in [-0.2, -0.15) is 5.10 Å². The SMILES string of the molecule is Cn1cc(O[C@@H]2COC[C@@H]2NC(=O)C2Cc3ccccc3C2)cn1. The van der Waals surface area contributed by atoms with Crippen molar-refractivity contribution in [2.75, 3.05) is 13.2 Å². The van der Waals surface area contributed by atoms with Crippen LogP contribution in [0.5, 0.6) is 5.75 Å². The highest BCUT2D eigenvalue weighted by atomic mass is 16.5. The smallest absolute Gasteiger partial charge is 0.224 e. The van der Waals surface area contributed by atoms with E-state index >= 15 is 0 Å². The molecular weight excluding hydrogens is 306 g/mol. The Bertz CT molecular complexity index is 718. The van der Waals surface area contributed by atoms with E-state index < -0.39 is 0 Å². The molecule has 0 radical (unpaired) electrons. The lowest BCUT2D eigenvalue weighted by molar-refractivity contribution is -0.125. The number of carbonyl (C=O) groups is 1. The first kappa shape index (κ1) is 15.2. The van der Waals surface area contributed by atoms with Crippen molar-refractivity contribution in [1.82, 2.24) is 15.1 Å². The van der Waals surface area contributed by atoms with Crippen molar-refractivity contribution in [3.63, 3.8) is 0 Å². The van der Waals surface area contributed by atoms with Gasteiger partial charge in [0.25, 0.3) is 0 Å². The van der Waals surface area contributed by atoms with Gasteiger partial charge in [-0.3, -0.25) is 9.48 Å². The molecule has 2 aromatic rings. The molecule has 6 heteroatoms. The first-order valence-electron chi connectivity index (χ1n) is 8.29. The van der Waals surface area contributed by atoms with Crippen LogP contribution in [0.15, 0.2) is 36.7 Å². The quantitative estimate of drug-likeness (QED) is 0.913. The van der Waals surface area contributed by atoms with Crippen molar-refractivity contribution in [1.29, 1.82) is 0 Å². The van der Waals surface area contributed by atoms with E-state index in [4.69, 9.17) is 9.47 Å². The van der Waals surface area contributed by atoms with Gasteiger partial charge in [-0.15, -0.1) is 0 Å². The summed E-state index contributed by atoms with van der Waals surface area (Å²) in [5.41, 5.74) is 2.56. The van der Waals surface area contributed by atoms with E-state index in [2.05, 4.69) is 22.5 Å². The third-order valence-electron chi connectivity index (χ3n) is 4.75. The predicted octanol–water partition coefficient (Wildman–Crippen LogP) is 1.10. The Morgan fingerprint density at radius 2 is 2.04 bits per heavy atom. The number of aryl methyl sites for hydroxylation is 1. The molecule has 2 atom stereocenters. The van der Waals surface area contributed by atoms with Crippen LogP contribution in [-0.2, 0) is 29.4 Å². The van der Waals surface area contributed by atoms with Gasteiger partial charge in [-0.05, 0) is 24.0 Å². The summed E-state index contributed by atoms with van der Waals surface area (Å²) in [6.45, 7) is 0.959. The van der Waals surface area contributed by atoms with E-state index in [1.165, 1.54) is 11.1 Å². The predicted molar refractivity (Wildman–Crippen MR) is 87.7 cm³/mol. The van der Waals surface area contributed by atoms with Gasteiger partial charge >= 0.3 is 0 Å². The highest BCUT2D eigenvalue weighted by molar-refractivity contribution is 5.80. The Kier molecular flexibility index (Phi) is 3.98. The fourth-order valence-electron chi connectivity index (χ4n) is 3.46. The third kappa shape index (κ3) is 3.01. The monoisotopic (exact) mass is 327 g/mol. The van der Waals surface area contributed by atoms with Gasteiger partial charge in [-0.25, -0.2) is 0 Å². The van der Waals surface area contributed by atoms with Crippen LogP contribution in [0.2, 0.25) is 0 Å². The Balaban J connectivity index is 1.37. The fourth-order valence-corrected chi connectivity index (χ4v) is 3.46. The van der Waals surface area contributed by atoms with E-state index in [9.17, 15) is 4.79 Å². The molecule has 1 amide bonds. The molecule has 2 aliphatic rings. The zero-order chi connectivity index (χ0) is 16.5. The minimum Gasteiger partial charge on any atom is -0.482 e. The van der Waals surface area contributed by atoms with Crippen LogP contribution < -0.4 is 10.1 Å². The lowest BCUT2D eigenvalue weighted by atomic mass is 10.0. The van der Waals surface area contributed by atoms with Crippen LogP contribution in [0.25, 0.3) is 0 Å². The van der Waals surface area contributed by atoms with Crippen molar-refractivity contribution in [2.45, 2.75) is 25.0 Å². The molecule has 1 aromatic heterocycles. The maximum atomic E-state index is 12.6. The lowest BCUT2D eigenvalue weighted by Crippen LogP contribution is -2.47. The van der Waals surface area contributed by atoms with Gasteiger partial charge in [0.15, 0.2) is 5.75 Å². The number of hydrogen-bond donors (Lipinski definition) is 1. The molecule has 1 aliphatic carbocycles. The van der Waals surface area contributed by atoms with E-state index in [-0.39, 0.29) is 24.0 Å². The molecule has 0 saturated carbocycles. The average Bonchev–Trinajstić information content (AvgIpc) is 3.28. The summed E-state index contributed by atoms with van der Waals surface area (Å²) in [6.07, 6.45) is 4.92. The molecule has 1 saturated heterocycles. The number of fused-ring (bicyclic) bond motifs is 1. The van der Waals surface area contributed by atoms with Gasteiger partial charge in [0.05, 0.1) is 31.6 Å². The number of rotatable bonds is 4. The van der Waals surface area contributed by atoms with Crippen molar-refractivity contribution >= 4 is 5.91 Å². The van der Waals surface area contributed by atoms with Crippen molar-refractivity contribution in [3.8, 4) is 5.75 Å². The third-order valence-corrected chi connectivity index (χ3v) is 4.75. The molecule has 1 aliphatic heterocycles. The van der Waals surface area contributed by atoms with Crippen LogP contribution in [0.3, 0.4) is 0 Å². The van der Waals surface area contributed by atoms with Gasteiger partial charge in [-0.1, -0.05) is 24.3 Å². The molecule has 4 rings (SSSR count). The standard InChI is InChI=1S/C18H21N3O3/c1-21-9-15(8-19-21)24-17-11-23-10-16(17)20-18(22)14-6-12-4-2-3-5-13(12)7-14/h2-5,8-9,14,16-17H,6-7,10-11H2,1H3,(H,20,22)/t16-,17+/m0/s1. The number of carbonyl (C=O) groups excluding carboxylic acids is 1. The molecule has 0 spiro atoms. The highest BCUT2D eigenvalue weighted by Gasteiger charge is 2.35. The first-order valence-corrected chi connectivity index (χ1v) is 8.29. The minimum absolute atomic E-state index is 0.00189. The summed E-state index contributed by atoms with van der Waals surface area (Å²) >= 11 is 0. The molecule has 126 valence electrons. The highest BCUT2D eigenvalue weighted by Crippen LogP contribution is 2.27. The van der Waals surface area contributed by atoms with Crippen LogP contribution >= 0.6 is 0 Å². The molecule has 1 aromatic carbocycles. The van der Waals surface area contributed by atoms with Crippen LogP contribution in [0.1, 0.15) is 11.1 Å². The number of hydrogen-bond acceptors (Lipinski definition) is 4. The zero-order valence-electron chi connectivity index (χ0n) is 13.6. The summed E-state index contributed by atoms with van der Waals surface area (Å²) in [7, 11) is 1.84. The molecule has 1 N–H and O–H groups in total. The summed E-state index contributed by atoms with van der Waals surface area (Å²) in [5, 5.41) is 7.21. The topological polar surface area (TPSA) is 65.4 Å². The maximum absolute atomic E-state index is 12.6. The maximum Gasteiger partial charge on any atom is 0.224 e. The number of amides is 1. The van der Waals surface area contributed by atoms with Crippen molar-refractivity contribution < 1.29 is 14.3 Å². The van der Waals surface area contributed by atoms with Crippen LogP contribution in [0, 0.1) is 5.92 Å². The molecule has 24 heavy (non-hydrogen) atoms.